The Morgan fingerprint density at radius 1 is 0.957 bits per heavy atom. The van der Waals surface area contributed by atoms with Gasteiger partial charge in [-0.2, -0.15) is 0 Å². The van der Waals surface area contributed by atoms with Gasteiger partial charge in [0.15, 0.2) is 0 Å². The number of Topliss-reactive ketones (excluding diaryl/α,β-unsaturated/α-hetero) is 2. The Balaban J connectivity index is 1.70. The highest BCUT2D eigenvalue weighted by atomic mass is 16.3. The third-order valence-electron chi connectivity index (χ3n) is 8.84. The maximum Gasteiger partial charge on any atom is 0.137 e. The number of carbonyl (C=O) groups excluding carboxylic acids is 2. The number of rotatable bonds is 0. The molecule has 4 aliphatic rings. The summed E-state index contributed by atoms with van der Waals surface area (Å²) < 4.78 is 0. The first-order valence-corrected chi connectivity index (χ1v) is 9.46. The zero-order valence-electron chi connectivity index (χ0n) is 14.7. The number of aliphatic hydroxyl groups is 1. The lowest BCUT2D eigenvalue weighted by atomic mass is 9.44. The lowest BCUT2D eigenvalue weighted by Gasteiger charge is -2.60. The largest absolute Gasteiger partial charge is 0.390 e. The second-order valence-corrected chi connectivity index (χ2v) is 9.62. The van der Waals surface area contributed by atoms with Crippen LogP contribution in [0.5, 0.6) is 0 Å². The first kappa shape index (κ1) is 15.8. The summed E-state index contributed by atoms with van der Waals surface area (Å²) in [5.74, 6) is 2.03. The van der Waals surface area contributed by atoms with Crippen molar-refractivity contribution in [3.8, 4) is 0 Å². The average molecular weight is 318 g/mol. The summed E-state index contributed by atoms with van der Waals surface area (Å²) in [6.07, 6.45) is 6.78. The van der Waals surface area contributed by atoms with Gasteiger partial charge in [0.2, 0.25) is 0 Å². The molecule has 0 aromatic heterocycles. The van der Waals surface area contributed by atoms with E-state index in [0.717, 1.165) is 32.1 Å². The van der Waals surface area contributed by atoms with Gasteiger partial charge in [-0.15, -0.1) is 0 Å². The van der Waals surface area contributed by atoms with Crippen molar-refractivity contribution in [2.45, 2.75) is 77.7 Å². The molecule has 0 amide bonds. The standard InChI is InChI=1S/C20H30O3/c1-18-7-4-12(21)10-16(18)17(22)11-13-14(18)5-8-19(2)15(13)6-9-20(19,3)23/h13-16,23H,4-11H2,1-3H3/t13?,14?,15?,16-,18-,19+,20+/m1/s1. The molecule has 7 atom stereocenters. The van der Waals surface area contributed by atoms with Gasteiger partial charge in [0, 0.05) is 25.2 Å². The van der Waals surface area contributed by atoms with E-state index in [9.17, 15) is 14.7 Å². The average Bonchev–Trinajstić information content (AvgIpc) is 2.72. The van der Waals surface area contributed by atoms with Gasteiger partial charge >= 0.3 is 0 Å². The molecule has 0 aliphatic heterocycles. The number of carbonyl (C=O) groups is 2. The smallest absolute Gasteiger partial charge is 0.137 e. The fraction of sp³-hybridized carbons (Fsp3) is 0.900. The first-order chi connectivity index (χ1) is 10.7. The minimum atomic E-state index is -0.591. The van der Waals surface area contributed by atoms with E-state index in [1.54, 1.807) is 0 Å². The topological polar surface area (TPSA) is 54.4 Å². The van der Waals surface area contributed by atoms with Crippen LogP contribution in [-0.2, 0) is 9.59 Å². The zero-order chi connectivity index (χ0) is 16.6. The van der Waals surface area contributed by atoms with Gasteiger partial charge < -0.3 is 5.11 Å². The fourth-order valence-electron chi connectivity index (χ4n) is 7.08. The van der Waals surface area contributed by atoms with Crippen LogP contribution in [0.3, 0.4) is 0 Å². The fourth-order valence-corrected chi connectivity index (χ4v) is 7.08. The van der Waals surface area contributed by atoms with Crippen molar-refractivity contribution in [1.82, 2.24) is 0 Å². The molecule has 0 heterocycles. The van der Waals surface area contributed by atoms with Crippen molar-refractivity contribution in [3.05, 3.63) is 0 Å². The Kier molecular flexibility index (Phi) is 3.22. The molecule has 4 saturated carbocycles. The number of fused-ring (bicyclic) bond motifs is 5. The van der Waals surface area contributed by atoms with E-state index in [1.807, 2.05) is 6.92 Å². The van der Waals surface area contributed by atoms with Crippen LogP contribution < -0.4 is 0 Å². The molecule has 4 rings (SSSR count). The highest BCUT2D eigenvalue weighted by molar-refractivity contribution is 5.90. The summed E-state index contributed by atoms with van der Waals surface area (Å²) in [5.41, 5.74) is -0.613. The number of ketones is 2. The summed E-state index contributed by atoms with van der Waals surface area (Å²) >= 11 is 0. The molecule has 0 aromatic carbocycles. The second-order valence-electron chi connectivity index (χ2n) is 9.62. The molecule has 128 valence electrons. The van der Waals surface area contributed by atoms with Crippen molar-refractivity contribution in [3.63, 3.8) is 0 Å². The Bertz CT molecular complexity index is 565. The van der Waals surface area contributed by atoms with Crippen LogP contribution in [-0.4, -0.2) is 22.3 Å². The molecule has 4 fully saturated rings. The van der Waals surface area contributed by atoms with Gasteiger partial charge in [-0.1, -0.05) is 13.8 Å². The van der Waals surface area contributed by atoms with Crippen LogP contribution in [0.4, 0.5) is 0 Å². The molecule has 1 N–H and O–H groups in total. The van der Waals surface area contributed by atoms with Crippen LogP contribution in [0.2, 0.25) is 0 Å². The predicted molar refractivity (Wildman–Crippen MR) is 87.7 cm³/mol. The van der Waals surface area contributed by atoms with Gasteiger partial charge in [-0.05, 0) is 67.6 Å². The van der Waals surface area contributed by atoms with Crippen LogP contribution in [0, 0.1) is 34.5 Å². The van der Waals surface area contributed by atoms with Crippen molar-refractivity contribution < 1.29 is 14.7 Å². The van der Waals surface area contributed by atoms with Crippen molar-refractivity contribution in [2.24, 2.45) is 34.5 Å². The van der Waals surface area contributed by atoms with E-state index in [4.69, 9.17) is 0 Å². The first-order valence-electron chi connectivity index (χ1n) is 9.46. The second kappa shape index (κ2) is 4.68. The van der Waals surface area contributed by atoms with Crippen LogP contribution in [0.25, 0.3) is 0 Å². The Morgan fingerprint density at radius 3 is 2.39 bits per heavy atom. The van der Waals surface area contributed by atoms with Crippen LogP contribution in [0.15, 0.2) is 0 Å². The van der Waals surface area contributed by atoms with E-state index < -0.39 is 5.60 Å². The number of hydrogen-bond donors (Lipinski definition) is 1. The zero-order valence-corrected chi connectivity index (χ0v) is 14.7. The molecule has 0 aromatic rings. The minimum Gasteiger partial charge on any atom is -0.390 e. The lowest BCUT2D eigenvalue weighted by molar-refractivity contribution is -0.166. The van der Waals surface area contributed by atoms with E-state index in [0.29, 0.717) is 42.8 Å². The molecule has 0 saturated heterocycles. The summed E-state index contributed by atoms with van der Waals surface area (Å²) in [7, 11) is 0. The van der Waals surface area contributed by atoms with Gasteiger partial charge in [-0.25, -0.2) is 0 Å². The van der Waals surface area contributed by atoms with Crippen molar-refractivity contribution >= 4 is 11.6 Å². The van der Waals surface area contributed by atoms with E-state index in [1.165, 1.54) is 0 Å². The summed E-state index contributed by atoms with van der Waals surface area (Å²) in [4.78, 5) is 24.8. The third-order valence-corrected chi connectivity index (χ3v) is 8.84. The molecular formula is C20H30O3. The third kappa shape index (κ3) is 1.92. The van der Waals surface area contributed by atoms with Crippen molar-refractivity contribution in [1.29, 1.82) is 0 Å². The maximum absolute atomic E-state index is 12.9. The highest BCUT2D eigenvalue weighted by Gasteiger charge is 2.64. The van der Waals surface area contributed by atoms with E-state index >= 15 is 0 Å². The Labute approximate surface area is 139 Å². The van der Waals surface area contributed by atoms with Gasteiger partial charge in [0.05, 0.1) is 5.60 Å². The molecule has 3 unspecified atom stereocenters. The van der Waals surface area contributed by atoms with Gasteiger partial charge in [-0.3, -0.25) is 9.59 Å². The van der Waals surface area contributed by atoms with Crippen molar-refractivity contribution in [2.75, 3.05) is 0 Å². The molecule has 0 radical (unpaired) electrons. The number of hydrogen-bond acceptors (Lipinski definition) is 3. The summed E-state index contributed by atoms with van der Waals surface area (Å²) in [6.45, 7) is 6.54. The maximum atomic E-state index is 12.9. The molecule has 0 spiro atoms. The monoisotopic (exact) mass is 318 g/mol. The molecule has 0 bridgehead atoms. The summed E-state index contributed by atoms with van der Waals surface area (Å²) in [6, 6.07) is 0. The van der Waals surface area contributed by atoms with Gasteiger partial charge in [0.1, 0.15) is 11.6 Å². The summed E-state index contributed by atoms with van der Waals surface area (Å²) in [5, 5.41) is 10.9. The van der Waals surface area contributed by atoms with Gasteiger partial charge in [0.25, 0.3) is 0 Å². The minimum absolute atomic E-state index is 0.0175. The molecule has 4 aliphatic carbocycles. The SMILES string of the molecule is C[C@]1(O)CCC2C3CC(=O)[C@H]4CC(=O)CC[C@]4(C)C3CC[C@@]21C. The van der Waals surface area contributed by atoms with E-state index in [2.05, 4.69) is 13.8 Å². The molecule has 3 heteroatoms. The normalized spacial score (nSPS) is 56.0. The Morgan fingerprint density at radius 2 is 1.65 bits per heavy atom. The quantitative estimate of drug-likeness (QED) is 0.743. The molecule has 23 heavy (non-hydrogen) atoms. The van der Waals surface area contributed by atoms with Crippen LogP contribution >= 0.6 is 0 Å². The lowest BCUT2D eigenvalue weighted by Crippen LogP contribution is -2.58. The molecular weight excluding hydrogens is 288 g/mol. The Hall–Kier alpha value is -0.700. The van der Waals surface area contributed by atoms with Crippen LogP contribution in [0.1, 0.15) is 72.1 Å². The molecule has 3 nitrogen and oxygen atoms in total. The highest BCUT2D eigenvalue weighted by Crippen LogP contribution is 2.67. The predicted octanol–water partition coefficient (Wildman–Crippen LogP) is 3.53. The van der Waals surface area contributed by atoms with E-state index in [-0.39, 0.29) is 22.5 Å².